The number of anilines is 3. The lowest BCUT2D eigenvalue weighted by atomic mass is 9.91. The van der Waals surface area contributed by atoms with Crippen molar-refractivity contribution in [2.24, 2.45) is 4.99 Å². The van der Waals surface area contributed by atoms with Crippen LogP contribution in [0.15, 0.2) is 35.5 Å². The quantitative estimate of drug-likeness (QED) is 0.421. The molecule has 1 saturated heterocycles. The summed E-state index contributed by atoms with van der Waals surface area (Å²) >= 11 is 0. The summed E-state index contributed by atoms with van der Waals surface area (Å²) in [5, 5.41) is 8.70. The number of aromatic nitrogens is 2. The lowest BCUT2D eigenvalue weighted by molar-refractivity contribution is -0.173. The van der Waals surface area contributed by atoms with E-state index in [-0.39, 0.29) is 37.2 Å². The fraction of sp³-hybridized carbons (Fsp3) is 0.429. The molecule has 7 rings (SSSR count). The molecule has 3 N–H and O–H groups in total. The van der Waals surface area contributed by atoms with Gasteiger partial charge in [0.2, 0.25) is 17.5 Å². The highest BCUT2D eigenvalue weighted by atomic mass is 19.1. The van der Waals surface area contributed by atoms with E-state index in [1.165, 1.54) is 14.0 Å². The van der Waals surface area contributed by atoms with Gasteiger partial charge in [0, 0.05) is 37.5 Å². The molecule has 8 bridgehead atoms. The van der Waals surface area contributed by atoms with Crippen molar-refractivity contribution in [2.75, 3.05) is 50.6 Å². The molecule has 0 spiro atoms. The molecule has 220 valence electrons. The van der Waals surface area contributed by atoms with Crippen molar-refractivity contribution in [3.63, 3.8) is 0 Å². The molecule has 1 aliphatic carbocycles. The van der Waals surface area contributed by atoms with Gasteiger partial charge in [-0.15, -0.1) is 0 Å². The molecule has 5 heterocycles. The van der Waals surface area contributed by atoms with Gasteiger partial charge in [-0.3, -0.25) is 19.3 Å². The Bertz CT molecular complexity index is 1530. The maximum Gasteiger partial charge on any atom is 0.262 e. The van der Waals surface area contributed by atoms with E-state index in [1.807, 2.05) is 6.07 Å². The monoisotopic (exact) mass is 578 g/mol. The molecule has 1 aromatic carbocycles. The Morgan fingerprint density at radius 1 is 1.19 bits per heavy atom. The van der Waals surface area contributed by atoms with Gasteiger partial charge < -0.3 is 30.3 Å². The maximum atomic E-state index is 14.8. The number of rotatable bonds is 1. The van der Waals surface area contributed by atoms with Crippen LogP contribution in [0.25, 0.3) is 0 Å². The van der Waals surface area contributed by atoms with Crippen molar-refractivity contribution in [1.29, 1.82) is 0 Å². The van der Waals surface area contributed by atoms with Crippen LogP contribution in [0.3, 0.4) is 0 Å². The van der Waals surface area contributed by atoms with Gasteiger partial charge in [-0.25, -0.2) is 14.4 Å². The van der Waals surface area contributed by atoms with E-state index >= 15 is 0 Å². The number of hydrogen-bond acceptors (Lipinski definition) is 10. The van der Waals surface area contributed by atoms with Gasteiger partial charge in [0.15, 0.2) is 11.6 Å². The van der Waals surface area contributed by atoms with Crippen molar-refractivity contribution in [3.05, 3.63) is 41.9 Å². The molecule has 2 aromatic rings. The van der Waals surface area contributed by atoms with E-state index in [4.69, 9.17) is 9.47 Å². The minimum Gasteiger partial charge on any atom is -0.495 e. The Morgan fingerprint density at radius 3 is 2.83 bits per heavy atom. The number of ether oxygens (including phenoxy) is 2. The van der Waals surface area contributed by atoms with E-state index < -0.39 is 35.4 Å². The topological polar surface area (TPSA) is 150 Å². The largest absolute Gasteiger partial charge is 0.495 e. The molecule has 1 fully saturated rings. The van der Waals surface area contributed by atoms with Crippen LogP contribution in [0.5, 0.6) is 5.75 Å². The highest BCUT2D eigenvalue weighted by Gasteiger charge is 2.50. The first-order valence-corrected chi connectivity index (χ1v) is 13.7. The van der Waals surface area contributed by atoms with E-state index in [2.05, 4.69) is 30.9 Å². The normalized spacial score (nSPS) is 26.1. The molecule has 13 nitrogen and oxygen atoms in total. The Hall–Kier alpha value is -4.43. The second-order valence-electron chi connectivity index (χ2n) is 10.8. The van der Waals surface area contributed by atoms with E-state index in [9.17, 15) is 18.8 Å². The molecule has 5 aliphatic rings. The van der Waals surface area contributed by atoms with Crippen LogP contribution in [0, 0.1) is 5.82 Å². The first kappa shape index (κ1) is 27.7. The van der Waals surface area contributed by atoms with Gasteiger partial charge in [-0.05, 0) is 44.2 Å². The van der Waals surface area contributed by atoms with E-state index in [1.54, 1.807) is 35.1 Å². The molecule has 0 saturated carbocycles. The first-order chi connectivity index (χ1) is 20.1. The summed E-state index contributed by atoms with van der Waals surface area (Å²) in [6.07, 6.45) is 4.67. The summed E-state index contributed by atoms with van der Waals surface area (Å²) in [6.45, 7) is 2.62. The number of likely N-dealkylation sites (N-methyl/N-ethyl adjacent to an activating group) is 1. The molecular formula is C28H31FN8O5. The number of amides is 3. The SMILES string of the molecule is COc1cc2c3cc1Nc1ncc(F)c(n1)N=C1C=CC4OC(C)(C(=O)NCCN(C)CC(=O)N3CC2)C(=O)NC4C1. The number of nitrogens with one attached hydrogen (secondary N) is 3. The van der Waals surface area contributed by atoms with Gasteiger partial charge >= 0.3 is 0 Å². The predicted octanol–water partition coefficient (Wildman–Crippen LogP) is 0.993. The highest BCUT2D eigenvalue weighted by molar-refractivity contribution is 6.09. The fourth-order valence-electron chi connectivity index (χ4n) is 5.49. The number of halogens is 1. The molecule has 1 aromatic heterocycles. The summed E-state index contributed by atoms with van der Waals surface area (Å²) in [5.41, 5.74) is 0.897. The van der Waals surface area contributed by atoms with Crippen molar-refractivity contribution in [2.45, 2.75) is 37.5 Å². The fourth-order valence-corrected chi connectivity index (χ4v) is 5.49. The number of morpholine rings is 1. The number of methoxy groups -OCH3 is 1. The Kier molecular flexibility index (Phi) is 7.10. The van der Waals surface area contributed by atoms with Gasteiger partial charge in [0.25, 0.3) is 11.8 Å². The second-order valence-corrected chi connectivity index (χ2v) is 10.8. The zero-order valence-corrected chi connectivity index (χ0v) is 23.4. The number of allylic oxidation sites excluding steroid dienone is 1. The number of carbonyl (C=O) groups excluding carboxylic acids is 3. The molecule has 14 heteroatoms. The van der Waals surface area contributed by atoms with Crippen LogP contribution >= 0.6 is 0 Å². The molecule has 4 aliphatic heterocycles. The Balaban J connectivity index is 1.38. The van der Waals surface area contributed by atoms with Gasteiger partial charge in [-0.2, -0.15) is 4.98 Å². The summed E-state index contributed by atoms with van der Waals surface area (Å²) < 4.78 is 26.3. The predicted molar refractivity (Wildman–Crippen MR) is 151 cm³/mol. The molecule has 0 radical (unpaired) electrons. The standard InChI is InChI=1S/C28H31FN8O5/c1-28-25(39)30-7-9-36(2)14-23(38)37-8-6-15-10-22(41-3)19(12-20(15)37)34-27-31-13-17(29)24(35-27)32-16-4-5-21(42-28)18(11-16)33-26(28)40/h4-5,10,12-13,18,21H,6-9,11,14H2,1-3H3,(H,30,39)(H,33,40)(H,31,34,35). The van der Waals surface area contributed by atoms with Crippen LogP contribution in [0.4, 0.5) is 27.5 Å². The summed E-state index contributed by atoms with van der Waals surface area (Å²) in [5.74, 6) is -1.60. The van der Waals surface area contributed by atoms with Crippen molar-refractivity contribution >= 4 is 46.6 Å². The summed E-state index contributed by atoms with van der Waals surface area (Å²) in [6, 6.07) is 3.16. The molecule has 42 heavy (non-hydrogen) atoms. The lowest BCUT2D eigenvalue weighted by Gasteiger charge is -2.41. The number of nitrogens with zero attached hydrogens (tertiary/aromatic N) is 5. The van der Waals surface area contributed by atoms with Crippen LogP contribution < -0.4 is 25.6 Å². The van der Waals surface area contributed by atoms with Crippen molar-refractivity contribution in [1.82, 2.24) is 25.5 Å². The zero-order chi connectivity index (χ0) is 29.6. The van der Waals surface area contributed by atoms with Gasteiger partial charge in [0.05, 0.1) is 37.7 Å². The third-order valence-corrected chi connectivity index (χ3v) is 7.86. The molecule has 3 atom stereocenters. The van der Waals surface area contributed by atoms with Crippen LogP contribution in [-0.2, 0) is 25.5 Å². The maximum absolute atomic E-state index is 14.8. The number of carbonyl (C=O) groups is 3. The average Bonchev–Trinajstić information content (AvgIpc) is 3.37. The molecule has 3 amide bonds. The van der Waals surface area contributed by atoms with E-state index in [0.717, 1.165) is 17.4 Å². The highest BCUT2D eigenvalue weighted by Crippen LogP contribution is 2.38. The van der Waals surface area contributed by atoms with Crippen LogP contribution in [0.1, 0.15) is 18.9 Å². The number of hydrogen-bond donors (Lipinski definition) is 3. The number of benzene rings is 1. The Morgan fingerprint density at radius 2 is 2.02 bits per heavy atom. The van der Waals surface area contributed by atoms with Crippen LogP contribution in [-0.4, -0.2) is 96.4 Å². The minimum atomic E-state index is -1.75. The lowest BCUT2D eigenvalue weighted by Crippen LogP contribution is -2.67. The minimum absolute atomic E-state index is 0.0838. The van der Waals surface area contributed by atoms with Gasteiger partial charge in [-0.1, -0.05) is 6.08 Å². The average molecular weight is 579 g/mol. The molecular weight excluding hydrogens is 547 g/mol. The van der Waals surface area contributed by atoms with E-state index in [0.29, 0.717) is 36.7 Å². The first-order valence-electron chi connectivity index (χ1n) is 13.7. The third-order valence-electron chi connectivity index (χ3n) is 7.86. The second kappa shape index (κ2) is 10.8. The van der Waals surface area contributed by atoms with Gasteiger partial charge in [0.1, 0.15) is 5.75 Å². The molecule has 3 unspecified atom stereocenters. The zero-order valence-electron chi connectivity index (χ0n) is 23.4. The number of fused-ring (bicyclic) bond motifs is 7. The van der Waals surface area contributed by atoms with Crippen molar-refractivity contribution in [3.8, 4) is 5.75 Å². The number of aliphatic imine (C=N–C) groups is 1. The summed E-state index contributed by atoms with van der Waals surface area (Å²) in [7, 11) is 3.32. The smallest absolute Gasteiger partial charge is 0.262 e. The van der Waals surface area contributed by atoms with Crippen molar-refractivity contribution < 1.29 is 28.2 Å². The van der Waals surface area contributed by atoms with Crippen LogP contribution in [0.2, 0.25) is 0 Å². The Labute approximate surface area is 241 Å². The summed E-state index contributed by atoms with van der Waals surface area (Å²) in [4.78, 5) is 55.6. The third kappa shape index (κ3) is 5.07.